The molecule has 23 heavy (non-hydrogen) atoms. The summed E-state index contributed by atoms with van der Waals surface area (Å²) in [6.07, 6.45) is 5.24. The Balaban J connectivity index is 1.89. The maximum atomic E-state index is 13.0. The second kappa shape index (κ2) is 6.90. The molecule has 0 saturated heterocycles. The topological polar surface area (TPSA) is 38.7 Å². The summed E-state index contributed by atoms with van der Waals surface area (Å²) < 4.78 is 13.0. The standard InChI is InChI=1S/C17H12FN3S2/c1-3-10-22-15-9-8-14(20-21-15)16-11(2)19-17(23-16)12-4-6-13(18)7-5-12/h1,4-9H,10H2,2H3. The average Bonchev–Trinajstić information content (AvgIpc) is 2.96. The van der Waals surface area contributed by atoms with Gasteiger partial charge < -0.3 is 0 Å². The molecule has 1 aromatic carbocycles. The van der Waals surface area contributed by atoms with E-state index < -0.39 is 0 Å². The van der Waals surface area contributed by atoms with Crippen LogP contribution in [0.3, 0.4) is 0 Å². The fourth-order valence-corrected chi connectivity index (χ4v) is 3.51. The van der Waals surface area contributed by atoms with Gasteiger partial charge in [-0.25, -0.2) is 9.37 Å². The van der Waals surface area contributed by atoms with E-state index in [1.54, 1.807) is 12.1 Å². The number of nitrogens with zero attached hydrogens (tertiary/aromatic N) is 3. The summed E-state index contributed by atoms with van der Waals surface area (Å²) >= 11 is 2.99. The molecule has 6 heteroatoms. The minimum atomic E-state index is -0.256. The first-order valence-corrected chi connectivity index (χ1v) is 8.61. The lowest BCUT2D eigenvalue weighted by Crippen LogP contribution is -1.89. The molecule has 0 bridgehead atoms. The largest absolute Gasteiger partial charge is 0.241 e. The molecule has 0 N–H and O–H groups in total. The van der Waals surface area contributed by atoms with Crippen LogP contribution in [0.25, 0.3) is 21.1 Å². The van der Waals surface area contributed by atoms with Gasteiger partial charge in [-0.2, -0.15) is 0 Å². The fourth-order valence-electron chi connectivity index (χ4n) is 1.98. The molecule has 0 spiro atoms. The second-order valence-corrected chi connectivity index (χ2v) is 6.68. The summed E-state index contributed by atoms with van der Waals surface area (Å²) in [4.78, 5) is 5.52. The first-order valence-electron chi connectivity index (χ1n) is 6.81. The summed E-state index contributed by atoms with van der Waals surface area (Å²) in [6, 6.07) is 10.1. The van der Waals surface area contributed by atoms with E-state index in [0.29, 0.717) is 5.75 Å². The molecular formula is C17H12FN3S2. The van der Waals surface area contributed by atoms with Crippen molar-refractivity contribution < 1.29 is 4.39 Å². The number of aromatic nitrogens is 3. The van der Waals surface area contributed by atoms with E-state index in [4.69, 9.17) is 6.42 Å². The van der Waals surface area contributed by atoms with E-state index in [1.165, 1.54) is 35.2 Å². The molecule has 0 saturated carbocycles. The van der Waals surface area contributed by atoms with Crippen molar-refractivity contribution in [2.75, 3.05) is 5.75 Å². The van der Waals surface area contributed by atoms with Crippen molar-refractivity contribution in [1.29, 1.82) is 0 Å². The zero-order chi connectivity index (χ0) is 16.2. The normalized spacial score (nSPS) is 10.5. The molecule has 0 radical (unpaired) electrons. The third-order valence-corrected chi connectivity index (χ3v) is 5.12. The van der Waals surface area contributed by atoms with Gasteiger partial charge in [0, 0.05) is 5.56 Å². The van der Waals surface area contributed by atoms with E-state index in [2.05, 4.69) is 21.1 Å². The van der Waals surface area contributed by atoms with Crippen molar-refractivity contribution in [2.24, 2.45) is 0 Å². The number of thioether (sulfide) groups is 1. The van der Waals surface area contributed by atoms with Gasteiger partial charge in [0.2, 0.25) is 0 Å². The van der Waals surface area contributed by atoms with Crippen molar-refractivity contribution in [3.8, 4) is 33.5 Å². The van der Waals surface area contributed by atoms with Gasteiger partial charge in [-0.3, -0.25) is 0 Å². The van der Waals surface area contributed by atoms with Crippen molar-refractivity contribution in [3.05, 3.63) is 47.9 Å². The summed E-state index contributed by atoms with van der Waals surface area (Å²) in [5.74, 6) is 2.87. The number of halogens is 1. The minimum Gasteiger partial charge on any atom is -0.241 e. The number of benzene rings is 1. The Bertz CT molecular complexity index is 849. The maximum absolute atomic E-state index is 13.0. The van der Waals surface area contributed by atoms with Gasteiger partial charge in [0.15, 0.2) is 0 Å². The van der Waals surface area contributed by atoms with Gasteiger partial charge >= 0.3 is 0 Å². The molecule has 2 aromatic heterocycles. The summed E-state index contributed by atoms with van der Waals surface area (Å²) in [5.41, 5.74) is 2.55. The van der Waals surface area contributed by atoms with E-state index in [1.807, 2.05) is 19.1 Å². The monoisotopic (exact) mass is 341 g/mol. The van der Waals surface area contributed by atoms with E-state index in [0.717, 1.165) is 31.9 Å². The molecule has 0 amide bonds. The fraction of sp³-hybridized carbons (Fsp3) is 0.118. The number of aryl methyl sites for hydroxylation is 1. The molecule has 3 rings (SSSR count). The molecule has 3 aromatic rings. The zero-order valence-corrected chi connectivity index (χ0v) is 13.9. The smallest absolute Gasteiger partial charge is 0.124 e. The van der Waals surface area contributed by atoms with Gasteiger partial charge in [0.05, 0.1) is 16.3 Å². The van der Waals surface area contributed by atoms with Crippen molar-refractivity contribution in [3.63, 3.8) is 0 Å². The van der Waals surface area contributed by atoms with Gasteiger partial charge in [0.1, 0.15) is 21.5 Å². The lowest BCUT2D eigenvalue weighted by molar-refractivity contribution is 0.628. The van der Waals surface area contributed by atoms with Crippen LogP contribution in [-0.4, -0.2) is 20.9 Å². The number of hydrogen-bond acceptors (Lipinski definition) is 5. The number of thiazole rings is 1. The van der Waals surface area contributed by atoms with Crippen LogP contribution in [0.4, 0.5) is 4.39 Å². The van der Waals surface area contributed by atoms with Crippen LogP contribution in [0.5, 0.6) is 0 Å². The highest BCUT2D eigenvalue weighted by molar-refractivity contribution is 7.99. The third-order valence-electron chi connectivity index (χ3n) is 3.06. The average molecular weight is 341 g/mol. The highest BCUT2D eigenvalue weighted by Crippen LogP contribution is 2.34. The molecule has 2 heterocycles. The van der Waals surface area contributed by atoms with Crippen LogP contribution in [0.2, 0.25) is 0 Å². The van der Waals surface area contributed by atoms with Crippen LogP contribution in [-0.2, 0) is 0 Å². The molecule has 0 aliphatic heterocycles. The summed E-state index contributed by atoms with van der Waals surface area (Å²) in [6.45, 7) is 1.93. The number of rotatable bonds is 4. The lowest BCUT2D eigenvalue weighted by Gasteiger charge is -1.99. The van der Waals surface area contributed by atoms with Gasteiger partial charge in [-0.1, -0.05) is 17.7 Å². The molecular weight excluding hydrogens is 329 g/mol. The molecule has 0 aliphatic rings. The first-order chi connectivity index (χ1) is 11.2. The molecule has 0 aliphatic carbocycles. The van der Waals surface area contributed by atoms with Gasteiger partial charge in [0.25, 0.3) is 0 Å². The Morgan fingerprint density at radius 1 is 1.17 bits per heavy atom. The Labute approximate surface area is 142 Å². The Hall–Kier alpha value is -2.23. The Morgan fingerprint density at radius 3 is 2.61 bits per heavy atom. The maximum Gasteiger partial charge on any atom is 0.124 e. The molecule has 0 unspecified atom stereocenters. The summed E-state index contributed by atoms with van der Waals surface area (Å²) in [5, 5.41) is 10.1. The highest BCUT2D eigenvalue weighted by Gasteiger charge is 2.13. The van der Waals surface area contributed by atoms with Crippen LogP contribution in [0, 0.1) is 25.1 Å². The Kier molecular flexibility index (Phi) is 4.70. The van der Waals surface area contributed by atoms with Crippen LogP contribution >= 0.6 is 23.1 Å². The molecule has 0 fully saturated rings. The molecule has 114 valence electrons. The predicted molar refractivity (Wildman–Crippen MR) is 92.8 cm³/mol. The van der Waals surface area contributed by atoms with E-state index in [-0.39, 0.29) is 5.82 Å². The number of hydrogen-bond donors (Lipinski definition) is 0. The number of terminal acetylenes is 1. The Morgan fingerprint density at radius 2 is 1.96 bits per heavy atom. The SMILES string of the molecule is C#CCSc1ccc(-c2sc(-c3ccc(F)cc3)nc2C)nn1. The van der Waals surface area contributed by atoms with Crippen LogP contribution in [0.15, 0.2) is 41.4 Å². The van der Waals surface area contributed by atoms with Gasteiger partial charge in [-0.15, -0.1) is 28.0 Å². The van der Waals surface area contributed by atoms with Gasteiger partial charge in [-0.05, 0) is 43.3 Å². The molecule has 0 atom stereocenters. The molecule has 3 nitrogen and oxygen atoms in total. The van der Waals surface area contributed by atoms with E-state index >= 15 is 0 Å². The predicted octanol–water partition coefficient (Wildman–Crippen LogP) is 4.44. The quantitative estimate of drug-likeness (QED) is 0.519. The third kappa shape index (κ3) is 3.58. The van der Waals surface area contributed by atoms with E-state index in [9.17, 15) is 4.39 Å². The second-order valence-electron chi connectivity index (χ2n) is 4.69. The lowest BCUT2D eigenvalue weighted by atomic mass is 10.2. The first kappa shape index (κ1) is 15.7. The van der Waals surface area contributed by atoms with Crippen molar-refractivity contribution in [1.82, 2.24) is 15.2 Å². The van der Waals surface area contributed by atoms with Crippen LogP contribution < -0.4 is 0 Å². The zero-order valence-electron chi connectivity index (χ0n) is 12.3. The van der Waals surface area contributed by atoms with Crippen LogP contribution in [0.1, 0.15) is 5.69 Å². The summed E-state index contributed by atoms with van der Waals surface area (Å²) in [7, 11) is 0. The van der Waals surface area contributed by atoms with Crippen molar-refractivity contribution in [2.45, 2.75) is 11.9 Å². The minimum absolute atomic E-state index is 0.256. The van der Waals surface area contributed by atoms with Crippen molar-refractivity contribution >= 4 is 23.1 Å². The highest BCUT2D eigenvalue weighted by atomic mass is 32.2.